The molecular weight excluding hydrogens is 556 g/mol. The average molecular weight is 593 g/mol. The summed E-state index contributed by atoms with van der Waals surface area (Å²) in [4.78, 5) is 0. The molecule has 1 atom stereocenters. The van der Waals surface area contributed by atoms with E-state index in [0.29, 0.717) is 17.0 Å². The van der Waals surface area contributed by atoms with E-state index in [1.54, 1.807) is 0 Å². The quantitative estimate of drug-likeness (QED) is 0.100. The first-order chi connectivity index (χ1) is 22.5. The lowest BCUT2D eigenvalue weighted by molar-refractivity contribution is 0.497. The van der Waals surface area contributed by atoms with Crippen molar-refractivity contribution in [3.8, 4) is 34.4 Å². The monoisotopic (exact) mass is 592 g/mol. The molecule has 46 heavy (non-hydrogen) atoms. The Morgan fingerprint density at radius 1 is 0.609 bits per heavy atom. The molecule has 0 aliphatic rings. The number of aryl methyl sites for hydroxylation is 1. The molecule has 0 spiro atoms. The van der Waals surface area contributed by atoms with Gasteiger partial charge in [-0.1, -0.05) is 110 Å². The summed E-state index contributed by atoms with van der Waals surface area (Å²) in [6.45, 7) is 6.71. The van der Waals surface area contributed by atoms with E-state index in [-0.39, 0.29) is 0 Å². The standard InChI is InChI=1S/C44H36N2/c1-28(2)8-6-9-29(3)14-15-30-16-18-31(19-17-30)35-11-4-5-12-36(35)37-24-25-40-42-33(26-45)21-20-32-10-7-13-39(41(32)42)43-34(27-46)22-23-38(37)44(40)43/h4-5,7-8,10-13,16-25,29H,6,9,14-15H2,1-3H3/t29-/m0/s1. The lowest BCUT2D eigenvalue weighted by Crippen LogP contribution is -1.97. The van der Waals surface area contributed by atoms with Crippen LogP contribution in [0.1, 0.15) is 56.7 Å². The van der Waals surface area contributed by atoms with E-state index in [4.69, 9.17) is 0 Å². The van der Waals surface area contributed by atoms with Crippen molar-refractivity contribution >= 4 is 43.1 Å². The van der Waals surface area contributed by atoms with Gasteiger partial charge < -0.3 is 0 Å². The molecule has 0 bridgehead atoms. The van der Waals surface area contributed by atoms with Gasteiger partial charge in [0.05, 0.1) is 23.3 Å². The van der Waals surface area contributed by atoms with Crippen molar-refractivity contribution in [3.63, 3.8) is 0 Å². The molecule has 0 saturated heterocycles. The van der Waals surface area contributed by atoms with E-state index >= 15 is 0 Å². The van der Waals surface area contributed by atoms with Gasteiger partial charge in [-0.25, -0.2) is 0 Å². The Morgan fingerprint density at radius 3 is 2.02 bits per heavy atom. The van der Waals surface area contributed by atoms with Gasteiger partial charge in [0.2, 0.25) is 0 Å². The molecule has 0 aromatic heterocycles. The Morgan fingerprint density at radius 2 is 1.28 bits per heavy atom. The van der Waals surface area contributed by atoms with Gasteiger partial charge in [0.15, 0.2) is 0 Å². The Bertz CT molecular complexity index is 2360. The number of fused-ring (bicyclic) bond motifs is 2. The van der Waals surface area contributed by atoms with Crippen molar-refractivity contribution < 1.29 is 0 Å². The minimum Gasteiger partial charge on any atom is -0.192 e. The van der Waals surface area contributed by atoms with Gasteiger partial charge in [0.25, 0.3) is 0 Å². The van der Waals surface area contributed by atoms with E-state index in [1.807, 2.05) is 24.3 Å². The summed E-state index contributed by atoms with van der Waals surface area (Å²) in [6.07, 6.45) is 7.03. The minimum atomic E-state index is 0.654. The van der Waals surface area contributed by atoms with Gasteiger partial charge in [-0.05, 0) is 118 Å². The van der Waals surface area contributed by atoms with Crippen molar-refractivity contribution in [1.82, 2.24) is 0 Å². The Labute approximate surface area is 271 Å². The normalized spacial score (nSPS) is 12.0. The van der Waals surface area contributed by atoms with Crippen LogP contribution in [0.5, 0.6) is 0 Å². The number of nitriles is 2. The van der Waals surface area contributed by atoms with Gasteiger partial charge >= 0.3 is 0 Å². The molecule has 0 unspecified atom stereocenters. The summed E-state index contributed by atoms with van der Waals surface area (Å²) in [5.41, 5.74) is 8.74. The highest BCUT2D eigenvalue weighted by molar-refractivity contribution is 6.36. The summed E-state index contributed by atoms with van der Waals surface area (Å²) >= 11 is 0. The third-order valence-electron chi connectivity index (χ3n) is 9.63. The second kappa shape index (κ2) is 12.2. The van der Waals surface area contributed by atoms with Crippen LogP contribution in [0.4, 0.5) is 0 Å². The predicted octanol–water partition coefficient (Wildman–Crippen LogP) is 12.1. The fraction of sp³-hybridized carbons (Fsp3) is 0.182. The second-order valence-corrected chi connectivity index (χ2v) is 12.9. The van der Waals surface area contributed by atoms with Crippen LogP contribution in [-0.2, 0) is 6.42 Å². The van der Waals surface area contributed by atoms with Crippen LogP contribution in [0.3, 0.4) is 0 Å². The number of allylic oxidation sites excluding steroid dienone is 2. The van der Waals surface area contributed by atoms with Gasteiger partial charge in [0, 0.05) is 10.8 Å². The van der Waals surface area contributed by atoms with E-state index in [9.17, 15) is 10.5 Å². The van der Waals surface area contributed by atoms with E-state index in [0.717, 1.165) is 67.1 Å². The van der Waals surface area contributed by atoms with Crippen LogP contribution in [0.2, 0.25) is 0 Å². The zero-order valence-electron chi connectivity index (χ0n) is 26.7. The smallest absolute Gasteiger partial charge is 0.0998 e. The number of nitrogens with zero attached hydrogens (tertiary/aromatic N) is 2. The summed E-state index contributed by atoms with van der Waals surface area (Å²) in [6, 6.07) is 41.2. The maximum absolute atomic E-state index is 10.3. The van der Waals surface area contributed by atoms with Crippen LogP contribution < -0.4 is 0 Å². The summed E-state index contributed by atoms with van der Waals surface area (Å²) in [7, 11) is 0. The fourth-order valence-electron chi connectivity index (χ4n) is 7.26. The lowest BCUT2D eigenvalue weighted by Gasteiger charge is -2.19. The topological polar surface area (TPSA) is 47.6 Å². The van der Waals surface area contributed by atoms with Crippen LogP contribution in [0.25, 0.3) is 65.3 Å². The Hall–Kier alpha value is -5.44. The zero-order valence-corrected chi connectivity index (χ0v) is 26.7. The molecule has 0 fully saturated rings. The second-order valence-electron chi connectivity index (χ2n) is 12.9. The maximum Gasteiger partial charge on any atom is 0.0998 e. The van der Waals surface area contributed by atoms with Crippen LogP contribution >= 0.6 is 0 Å². The first-order valence-corrected chi connectivity index (χ1v) is 16.3. The number of rotatable bonds is 8. The molecular formula is C44H36N2. The lowest BCUT2D eigenvalue weighted by atomic mass is 9.83. The van der Waals surface area contributed by atoms with Gasteiger partial charge in [-0.15, -0.1) is 0 Å². The highest BCUT2D eigenvalue weighted by atomic mass is 14.3. The Kier molecular flexibility index (Phi) is 7.74. The van der Waals surface area contributed by atoms with E-state index in [1.165, 1.54) is 35.1 Å². The molecule has 2 nitrogen and oxygen atoms in total. The number of benzene rings is 7. The van der Waals surface area contributed by atoms with Crippen molar-refractivity contribution in [1.29, 1.82) is 10.5 Å². The first kappa shape index (κ1) is 29.3. The summed E-state index contributed by atoms with van der Waals surface area (Å²) in [5.74, 6) is 0.703. The predicted molar refractivity (Wildman–Crippen MR) is 194 cm³/mol. The molecule has 0 radical (unpaired) electrons. The number of hydrogen-bond acceptors (Lipinski definition) is 2. The maximum atomic E-state index is 10.3. The third-order valence-corrected chi connectivity index (χ3v) is 9.63. The average Bonchev–Trinajstić information content (AvgIpc) is 3.09. The fourth-order valence-corrected chi connectivity index (χ4v) is 7.26. The van der Waals surface area contributed by atoms with Gasteiger partial charge in [0.1, 0.15) is 0 Å². The van der Waals surface area contributed by atoms with Crippen molar-refractivity contribution in [2.24, 2.45) is 5.92 Å². The molecule has 7 aromatic rings. The zero-order chi connectivity index (χ0) is 31.8. The third kappa shape index (κ3) is 5.07. The SMILES string of the molecule is CC(C)=CCC[C@H](C)CCc1ccc(-c2ccccc2-c2ccc3c4c(C#N)ccc5cccc(c6c(C#N)ccc2c36)c54)cc1. The number of hydrogen-bond donors (Lipinski definition) is 0. The highest BCUT2D eigenvalue weighted by Crippen LogP contribution is 2.46. The molecule has 2 heteroatoms. The molecule has 0 heterocycles. The molecule has 0 saturated carbocycles. The van der Waals surface area contributed by atoms with Gasteiger partial charge in [-0.2, -0.15) is 10.5 Å². The van der Waals surface area contributed by atoms with Crippen molar-refractivity contribution in [3.05, 3.63) is 131 Å². The Balaban J connectivity index is 1.34. The first-order valence-electron chi connectivity index (χ1n) is 16.3. The molecule has 0 aliphatic heterocycles. The minimum absolute atomic E-state index is 0.654. The van der Waals surface area contributed by atoms with E-state index < -0.39 is 0 Å². The van der Waals surface area contributed by atoms with Crippen molar-refractivity contribution in [2.45, 2.75) is 46.5 Å². The van der Waals surface area contributed by atoms with Crippen LogP contribution in [0, 0.1) is 28.6 Å². The molecule has 0 N–H and O–H groups in total. The highest BCUT2D eigenvalue weighted by Gasteiger charge is 2.20. The van der Waals surface area contributed by atoms with Gasteiger partial charge in [-0.3, -0.25) is 0 Å². The van der Waals surface area contributed by atoms with Crippen LogP contribution in [0.15, 0.2) is 115 Å². The summed E-state index contributed by atoms with van der Waals surface area (Å²) < 4.78 is 0. The molecule has 0 aliphatic carbocycles. The largest absolute Gasteiger partial charge is 0.192 e. The van der Waals surface area contributed by atoms with E-state index in [2.05, 4.69) is 118 Å². The summed E-state index contributed by atoms with van der Waals surface area (Å²) in [5, 5.41) is 28.6. The molecule has 7 rings (SSSR count). The molecule has 0 amide bonds. The molecule has 7 aromatic carbocycles. The molecule has 222 valence electrons. The van der Waals surface area contributed by atoms with Crippen LogP contribution in [-0.4, -0.2) is 0 Å². The van der Waals surface area contributed by atoms with Crippen molar-refractivity contribution in [2.75, 3.05) is 0 Å².